The van der Waals surface area contributed by atoms with Gasteiger partial charge in [-0.1, -0.05) is 24.3 Å². The zero-order valence-electron chi connectivity index (χ0n) is 15.8. The number of aromatic nitrogens is 2. The van der Waals surface area contributed by atoms with Gasteiger partial charge in [-0.3, -0.25) is 9.59 Å². The van der Waals surface area contributed by atoms with E-state index in [2.05, 4.69) is 5.10 Å². The monoisotopic (exact) mass is 397 g/mol. The predicted octanol–water partition coefficient (Wildman–Crippen LogP) is 3.67. The van der Waals surface area contributed by atoms with Gasteiger partial charge in [0.05, 0.1) is 0 Å². The molecule has 5 nitrogen and oxygen atoms in total. The second-order valence-electron chi connectivity index (χ2n) is 6.37. The predicted molar refractivity (Wildman–Crippen MR) is 109 cm³/mol. The van der Waals surface area contributed by atoms with Crippen molar-refractivity contribution in [2.45, 2.75) is 18.4 Å². The molecule has 1 heterocycles. The molecule has 0 atom stereocenters. The molecule has 28 heavy (non-hydrogen) atoms. The van der Waals surface area contributed by atoms with Crippen LogP contribution in [0.25, 0.3) is 5.69 Å². The topological polar surface area (TPSA) is 55.2 Å². The lowest BCUT2D eigenvalue weighted by Gasteiger charge is -2.18. The van der Waals surface area contributed by atoms with E-state index in [4.69, 9.17) is 0 Å². The number of carbonyl (C=O) groups excluding carboxylic acids is 1. The number of halogens is 1. The van der Waals surface area contributed by atoms with Crippen LogP contribution in [-0.4, -0.2) is 33.9 Å². The smallest absolute Gasteiger partial charge is 0.278 e. The molecule has 0 spiro atoms. The van der Waals surface area contributed by atoms with Crippen molar-refractivity contribution in [3.63, 3.8) is 0 Å². The minimum atomic E-state index is -0.510. The van der Waals surface area contributed by atoms with Gasteiger partial charge in [-0.15, -0.1) is 11.8 Å². The van der Waals surface area contributed by atoms with Crippen LogP contribution in [0.1, 0.15) is 21.7 Å². The van der Waals surface area contributed by atoms with Crippen LogP contribution in [0.4, 0.5) is 4.39 Å². The lowest BCUT2D eigenvalue weighted by Crippen LogP contribution is -2.33. The van der Waals surface area contributed by atoms with Crippen LogP contribution in [0, 0.1) is 12.7 Å². The molecule has 0 saturated heterocycles. The summed E-state index contributed by atoms with van der Waals surface area (Å²) >= 11 is 1.64. The van der Waals surface area contributed by atoms with Crippen molar-refractivity contribution in [2.24, 2.45) is 0 Å². The average Bonchev–Trinajstić information content (AvgIpc) is 2.69. The molecule has 1 amide bonds. The van der Waals surface area contributed by atoms with Gasteiger partial charge in [-0.2, -0.15) is 5.10 Å². The number of hydrogen-bond donors (Lipinski definition) is 0. The van der Waals surface area contributed by atoms with Gasteiger partial charge < -0.3 is 4.90 Å². The van der Waals surface area contributed by atoms with E-state index in [-0.39, 0.29) is 11.4 Å². The Labute approximate surface area is 166 Å². The zero-order chi connectivity index (χ0) is 20.3. The molecule has 144 valence electrons. The minimum absolute atomic E-state index is 0.185. The van der Waals surface area contributed by atoms with Crippen LogP contribution >= 0.6 is 11.8 Å². The van der Waals surface area contributed by atoms with E-state index in [1.54, 1.807) is 43.9 Å². The van der Waals surface area contributed by atoms with Gasteiger partial charge in [-0.05, 0) is 43.0 Å². The summed E-state index contributed by atoms with van der Waals surface area (Å²) in [4.78, 5) is 27.8. The number of rotatable bonds is 5. The third-order valence-electron chi connectivity index (χ3n) is 4.32. The molecular formula is C21H20FN3O2S. The number of para-hydroxylation sites is 1. The Balaban J connectivity index is 1.91. The van der Waals surface area contributed by atoms with Gasteiger partial charge in [0.2, 0.25) is 5.43 Å². The molecule has 0 aliphatic carbocycles. The van der Waals surface area contributed by atoms with Crippen molar-refractivity contribution in [1.29, 1.82) is 0 Å². The van der Waals surface area contributed by atoms with Crippen molar-refractivity contribution in [3.8, 4) is 5.69 Å². The Hall–Kier alpha value is -2.93. The van der Waals surface area contributed by atoms with E-state index >= 15 is 0 Å². The molecule has 3 aromatic rings. The van der Waals surface area contributed by atoms with Crippen molar-refractivity contribution >= 4 is 17.7 Å². The van der Waals surface area contributed by atoms with E-state index in [1.165, 1.54) is 21.7 Å². The van der Waals surface area contributed by atoms with Crippen molar-refractivity contribution < 1.29 is 9.18 Å². The molecule has 0 unspecified atom stereocenters. The Kier molecular flexibility index (Phi) is 5.94. The highest BCUT2D eigenvalue weighted by Gasteiger charge is 2.20. The molecule has 0 N–H and O–H groups in total. The first-order valence-corrected chi connectivity index (χ1v) is 9.87. The molecule has 0 saturated carbocycles. The fourth-order valence-electron chi connectivity index (χ4n) is 2.82. The van der Waals surface area contributed by atoms with Crippen LogP contribution in [0.5, 0.6) is 0 Å². The van der Waals surface area contributed by atoms with Gasteiger partial charge in [0.15, 0.2) is 5.69 Å². The Morgan fingerprint density at radius 1 is 1.18 bits per heavy atom. The van der Waals surface area contributed by atoms with E-state index in [0.717, 1.165) is 10.5 Å². The molecule has 0 radical (unpaired) electrons. The number of hydrogen-bond acceptors (Lipinski definition) is 4. The third kappa shape index (κ3) is 4.14. The molecule has 2 aromatic carbocycles. The van der Waals surface area contributed by atoms with E-state index < -0.39 is 17.2 Å². The highest BCUT2D eigenvalue weighted by atomic mass is 32.2. The summed E-state index contributed by atoms with van der Waals surface area (Å²) in [5.41, 5.74) is 0.846. The minimum Gasteiger partial charge on any atom is -0.336 e. The lowest BCUT2D eigenvalue weighted by atomic mass is 10.2. The largest absolute Gasteiger partial charge is 0.336 e. The molecule has 0 fully saturated rings. The summed E-state index contributed by atoms with van der Waals surface area (Å²) in [5, 5.41) is 4.16. The highest BCUT2D eigenvalue weighted by molar-refractivity contribution is 7.98. The number of carbonyl (C=O) groups is 1. The van der Waals surface area contributed by atoms with E-state index in [0.29, 0.717) is 12.2 Å². The summed E-state index contributed by atoms with van der Waals surface area (Å²) in [6.45, 7) is 1.98. The lowest BCUT2D eigenvalue weighted by molar-refractivity contribution is 0.0775. The second kappa shape index (κ2) is 8.39. The van der Waals surface area contributed by atoms with Crippen molar-refractivity contribution in [2.75, 3.05) is 13.3 Å². The Bertz CT molecular complexity index is 1060. The number of aryl methyl sites for hydroxylation is 1. The maximum absolute atomic E-state index is 14.2. The van der Waals surface area contributed by atoms with E-state index in [9.17, 15) is 14.0 Å². The maximum Gasteiger partial charge on any atom is 0.278 e. The van der Waals surface area contributed by atoms with Crippen molar-refractivity contribution in [1.82, 2.24) is 14.7 Å². The van der Waals surface area contributed by atoms with Gasteiger partial charge in [0.25, 0.3) is 5.91 Å². The van der Waals surface area contributed by atoms with Gasteiger partial charge >= 0.3 is 0 Å². The summed E-state index contributed by atoms with van der Waals surface area (Å²) in [7, 11) is 1.61. The molecular weight excluding hydrogens is 377 g/mol. The SMILES string of the molecule is CSc1ccc(CN(C)C(=O)c2nn(-c3ccccc3F)c(C)cc2=O)cc1. The van der Waals surface area contributed by atoms with Crippen LogP contribution in [0.15, 0.2) is 64.3 Å². The fourth-order valence-corrected chi connectivity index (χ4v) is 3.23. The first-order valence-electron chi connectivity index (χ1n) is 8.65. The molecule has 1 aromatic heterocycles. The van der Waals surface area contributed by atoms with Gasteiger partial charge in [-0.25, -0.2) is 9.07 Å². The molecule has 0 aliphatic rings. The number of nitrogens with zero attached hydrogens (tertiary/aromatic N) is 3. The summed E-state index contributed by atoms with van der Waals surface area (Å²) in [5.74, 6) is -0.994. The van der Waals surface area contributed by atoms with Crippen LogP contribution in [0.3, 0.4) is 0 Å². The zero-order valence-corrected chi connectivity index (χ0v) is 16.7. The van der Waals surface area contributed by atoms with Gasteiger partial charge in [0.1, 0.15) is 11.5 Å². The first kappa shape index (κ1) is 19.8. The van der Waals surface area contributed by atoms with E-state index in [1.807, 2.05) is 30.5 Å². The Morgan fingerprint density at radius 3 is 2.50 bits per heavy atom. The Morgan fingerprint density at radius 2 is 1.86 bits per heavy atom. The normalized spacial score (nSPS) is 10.7. The molecule has 7 heteroatoms. The van der Waals surface area contributed by atoms with Crippen LogP contribution in [-0.2, 0) is 6.54 Å². The van der Waals surface area contributed by atoms with Crippen LogP contribution in [0.2, 0.25) is 0 Å². The average molecular weight is 397 g/mol. The quantitative estimate of drug-likeness (QED) is 0.617. The number of amides is 1. The number of benzene rings is 2. The summed E-state index contributed by atoms with van der Waals surface area (Å²) in [6.07, 6.45) is 1.99. The standard InChI is InChI=1S/C21H20FN3O2S/c1-14-12-19(26)20(23-25(14)18-7-5-4-6-17(18)22)21(27)24(2)13-15-8-10-16(28-3)11-9-15/h4-12H,13H2,1-3H3. The molecule has 0 aliphatic heterocycles. The highest BCUT2D eigenvalue weighted by Crippen LogP contribution is 2.16. The number of thioether (sulfide) groups is 1. The summed E-state index contributed by atoms with van der Waals surface area (Å²) in [6, 6.07) is 15.2. The fraction of sp³-hybridized carbons (Fsp3) is 0.190. The third-order valence-corrected chi connectivity index (χ3v) is 5.06. The first-order chi connectivity index (χ1) is 13.4. The second-order valence-corrected chi connectivity index (χ2v) is 7.25. The van der Waals surface area contributed by atoms with Crippen LogP contribution < -0.4 is 5.43 Å². The molecule has 0 bridgehead atoms. The van der Waals surface area contributed by atoms with Crippen molar-refractivity contribution in [3.05, 3.63) is 87.6 Å². The molecule has 3 rings (SSSR count). The summed E-state index contributed by atoms with van der Waals surface area (Å²) < 4.78 is 15.4. The maximum atomic E-state index is 14.2. The van der Waals surface area contributed by atoms with Gasteiger partial charge in [0, 0.05) is 30.2 Å².